The molecule has 36 heavy (non-hydrogen) atoms. The van der Waals surface area contributed by atoms with Crippen molar-refractivity contribution in [3.63, 3.8) is 0 Å². The highest BCUT2D eigenvalue weighted by atomic mass is 35.5. The fourth-order valence-electron chi connectivity index (χ4n) is 4.07. The lowest BCUT2D eigenvalue weighted by molar-refractivity contribution is -0.274. The van der Waals surface area contributed by atoms with Gasteiger partial charge in [0, 0.05) is 37.6 Å². The van der Waals surface area contributed by atoms with Crippen molar-refractivity contribution in [3.8, 4) is 16.9 Å². The van der Waals surface area contributed by atoms with Crippen LogP contribution in [0.15, 0.2) is 42.5 Å². The molecule has 1 fully saturated rings. The molecule has 2 amide bonds. The molecule has 1 aliphatic heterocycles. The van der Waals surface area contributed by atoms with E-state index in [1.54, 1.807) is 6.07 Å². The largest absolute Gasteiger partial charge is 0.573 e. The van der Waals surface area contributed by atoms with Gasteiger partial charge in [0.15, 0.2) is 0 Å². The molecule has 0 bridgehead atoms. The third kappa shape index (κ3) is 7.36. The molecule has 7 nitrogen and oxygen atoms in total. The average molecular weight is 529 g/mol. The van der Waals surface area contributed by atoms with Gasteiger partial charge in [-0.2, -0.15) is 0 Å². The molecular formula is C25H28ClF3N2O5. The number of rotatable bonds is 8. The first-order valence-corrected chi connectivity index (χ1v) is 11.8. The molecule has 0 aromatic heterocycles. The molecule has 0 spiro atoms. The summed E-state index contributed by atoms with van der Waals surface area (Å²) in [5.74, 6) is -1.40. The maximum atomic E-state index is 13.0. The highest BCUT2D eigenvalue weighted by Crippen LogP contribution is 2.38. The summed E-state index contributed by atoms with van der Waals surface area (Å²) in [7, 11) is 1.28. The smallest absolute Gasteiger partial charge is 0.469 e. The minimum atomic E-state index is -4.86. The number of carbonyl (C=O) groups is 3. The zero-order chi connectivity index (χ0) is 26.3. The van der Waals surface area contributed by atoms with Gasteiger partial charge in [0.1, 0.15) is 11.8 Å². The van der Waals surface area contributed by atoms with E-state index in [2.05, 4.69) is 14.8 Å². The fraction of sp³-hybridized carbons (Fsp3) is 0.400. The van der Waals surface area contributed by atoms with Crippen LogP contribution >= 0.6 is 11.6 Å². The van der Waals surface area contributed by atoms with Gasteiger partial charge in [0.05, 0.1) is 12.1 Å². The van der Waals surface area contributed by atoms with Crippen LogP contribution in [0, 0.1) is 0 Å². The van der Waals surface area contributed by atoms with E-state index >= 15 is 0 Å². The van der Waals surface area contributed by atoms with Gasteiger partial charge in [-0.05, 0) is 43.9 Å². The number of likely N-dealkylation sites (tertiary alicyclic amines) is 1. The van der Waals surface area contributed by atoms with Crippen LogP contribution in [0.5, 0.6) is 5.75 Å². The molecular weight excluding hydrogens is 501 g/mol. The Morgan fingerprint density at radius 2 is 1.86 bits per heavy atom. The quantitative estimate of drug-likeness (QED) is 0.437. The van der Waals surface area contributed by atoms with Crippen LogP contribution in [0.2, 0.25) is 5.02 Å². The number of carbonyl (C=O) groups excluding carboxylic acids is 3. The van der Waals surface area contributed by atoms with Gasteiger partial charge in [-0.3, -0.25) is 14.4 Å². The zero-order valence-corrected chi connectivity index (χ0v) is 20.3. The molecule has 11 heteroatoms. The normalized spacial score (nSPS) is 15.8. The van der Waals surface area contributed by atoms with E-state index in [0.29, 0.717) is 30.6 Å². The topological polar surface area (TPSA) is 84.9 Å². The van der Waals surface area contributed by atoms with Crippen LogP contribution < -0.4 is 10.1 Å². The number of methoxy groups -OCH3 is 1. The first kappa shape index (κ1) is 27.3. The first-order valence-electron chi connectivity index (χ1n) is 11.4. The standard InChI is InChI=1S/C25H26ClF3N2O5.H2/c1-35-23(33)11-6-10-22(32)31-14-5-4-8-20(31)24(34)30-16-12-13-17(19(26)15-16)18-7-2-3-9-21(18)36-25(27,28)29;/h2-3,7,9,12-13,15,20H,4-6,8,10-11,14H2,1H3,(H,30,34);1H/t20-;/m1./s1. The van der Waals surface area contributed by atoms with E-state index in [4.69, 9.17) is 11.6 Å². The van der Waals surface area contributed by atoms with E-state index in [1.165, 1.54) is 48.4 Å². The zero-order valence-electron chi connectivity index (χ0n) is 19.6. The Labute approximate surface area is 213 Å². The second-order valence-corrected chi connectivity index (χ2v) is 8.66. The Morgan fingerprint density at radius 1 is 1.11 bits per heavy atom. The van der Waals surface area contributed by atoms with Crippen LogP contribution in [-0.4, -0.2) is 48.7 Å². The second kappa shape index (κ2) is 12.1. The summed E-state index contributed by atoms with van der Waals surface area (Å²) in [4.78, 5) is 38.5. The lowest BCUT2D eigenvalue weighted by atomic mass is 10.00. The van der Waals surface area contributed by atoms with Crippen LogP contribution in [-0.2, 0) is 19.1 Å². The van der Waals surface area contributed by atoms with Crippen LogP contribution in [0.25, 0.3) is 11.1 Å². The lowest BCUT2D eigenvalue weighted by Gasteiger charge is -2.34. The predicted molar refractivity (Wildman–Crippen MR) is 130 cm³/mol. The maximum Gasteiger partial charge on any atom is 0.573 e. The van der Waals surface area contributed by atoms with Crippen LogP contribution in [0.4, 0.5) is 18.9 Å². The van der Waals surface area contributed by atoms with Gasteiger partial charge >= 0.3 is 12.3 Å². The van der Waals surface area contributed by atoms with E-state index < -0.39 is 24.1 Å². The molecule has 0 unspecified atom stereocenters. The molecule has 0 aliphatic carbocycles. The first-order chi connectivity index (χ1) is 17.1. The summed E-state index contributed by atoms with van der Waals surface area (Å²) in [5, 5.41) is 2.87. The number of benzene rings is 2. The molecule has 0 radical (unpaired) electrons. The molecule has 1 heterocycles. The third-order valence-corrected chi connectivity index (χ3v) is 6.08. The predicted octanol–water partition coefficient (Wildman–Crippen LogP) is 5.81. The van der Waals surface area contributed by atoms with Crippen molar-refractivity contribution in [2.75, 3.05) is 19.0 Å². The number of para-hydroxylation sites is 1. The summed E-state index contributed by atoms with van der Waals surface area (Å²) >= 11 is 6.36. The molecule has 0 saturated carbocycles. The Kier molecular flexibility index (Phi) is 9.19. The summed E-state index contributed by atoms with van der Waals surface area (Å²) in [6.45, 7) is 0.435. The van der Waals surface area contributed by atoms with Crippen molar-refractivity contribution in [1.82, 2.24) is 4.90 Å². The number of alkyl halides is 3. The Bertz CT molecular complexity index is 1120. The minimum absolute atomic E-state index is 0. The minimum Gasteiger partial charge on any atom is -0.469 e. The maximum absolute atomic E-state index is 13.0. The Balaban J connectivity index is 0.00000481. The van der Waals surface area contributed by atoms with Crippen LogP contribution in [0.3, 0.4) is 0 Å². The summed E-state index contributed by atoms with van der Waals surface area (Å²) in [6.07, 6.45) is -2.26. The number of ether oxygens (including phenoxy) is 2. The van der Waals surface area contributed by atoms with Gasteiger partial charge < -0.3 is 19.7 Å². The second-order valence-electron chi connectivity index (χ2n) is 8.26. The molecule has 2 aromatic carbocycles. The Hall–Kier alpha value is -3.27. The van der Waals surface area contributed by atoms with Crippen LogP contribution in [0.1, 0.15) is 40.0 Å². The van der Waals surface area contributed by atoms with Crippen molar-refractivity contribution >= 4 is 35.1 Å². The number of esters is 1. The molecule has 3 rings (SSSR count). The highest BCUT2D eigenvalue weighted by Gasteiger charge is 2.33. The number of piperidine rings is 1. The number of halogens is 4. The highest BCUT2D eigenvalue weighted by molar-refractivity contribution is 6.33. The van der Waals surface area contributed by atoms with E-state index in [-0.39, 0.29) is 36.7 Å². The van der Waals surface area contributed by atoms with E-state index in [1.807, 2.05) is 0 Å². The molecule has 2 aromatic rings. The number of nitrogens with zero attached hydrogens (tertiary/aromatic N) is 1. The molecule has 1 aliphatic rings. The van der Waals surface area contributed by atoms with Crippen molar-refractivity contribution in [2.45, 2.75) is 50.9 Å². The third-order valence-electron chi connectivity index (χ3n) is 5.76. The number of hydrogen-bond donors (Lipinski definition) is 1. The summed E-state index contributed by atoms with van der Waals surface area (Å²) in [5.41, 5.74) is 0.787. The van der Waals surface area contributed by atoms with Gasteiger partial charge in [-0.1, -0.05) is 35.9 Å². The number of anilines is 1. The number of amides is 2. The fourth-order valence-corrected chi connectivity index (χ4v) is 4.35. The van der Waals surface area contributed by atoms with Crippen molar-refractivity contribution in [3.05, 3.63) is 47.5 Å². The Morgan fingerprint density at radius 3 is 2.56 bits per heavy atom. The monoisotopic (exact) mass is 528 g/mol. The van der Waals surface area contributed by atoms with Crippen molar-refractivity contribution in [1.29, 1.82) is 0 Å². The van der Waals surface area contributed by atoms with E-state index in [9.17, 15) is 27.6 Å². The lowest BCUT2D eigenvalue weighted by Crippen LogP contribution is -2.50. The van der Waals surface area contributed by atoms with Crippen molar-refractivity contribution < 1.29 is 38.5 Å². The molecule has 1 atom stereocenters. The van der Waals surface area contributed by atoms with Gasteiger partial charge in [0.25, 0.3) is 0 Å². The van der Waals surface area contributed by atoms with Crippen molar-refractivity contribution in [2.24, 2.45) is 0 Å². The molecule has 196 valence electrons. The van der Waals surface area contributed by atoms with Gasteiger partial charge in [0.2, 0.25) is 11.8 Å². The number of hydrogen-bond acceptors (Lipinski definition) is 5. The van der Waals surface area contributed by atoms with Gasteiger partial charge in [-0.25, -0.2) is 0 Å². The van der Waals surface area contributed by atoms with Gasteiger partial charge in [-0.15, -0.1) is 13.2 Å². The summed E-state index contributed by atoms with van der Waals surface area (Å²) < 4.78 is 47.0. The molecule has 1 N–H and O–H groups in total. The number of nitrogens with one attached hydrogen (secondary N) is 1. The molecule has 1 saturated heterocycles. The average Bonchev–Trinajstić information content (AvgIpc) is 2.83. The summed E-state index contributed by atoms with van der Waals surface area (Å²) in [6, 6.07) is 9.39. The SMILES string of the molecule is COC(=O)CCCC(=O)N1CCCC[C@@H]1C(=O)Nc1ccc(-c2ccccc2OC(F)(F)F)c(Cl)c1.[HH]. The van der Waals surface area contributed by atoms with E-state index in [0.717, 1.165) is 12.8 Å².